The molecule has 0 saturated carbocycles. The molecule has 1 rings (SSSR count). The molecule has 0 fully saturated rings. The number of Topliss-reactive ketones (excluding diaryl/α,β-unsaturated/α-hetero) is 1. The van der Waals surface area contributed by atoms with Gasteiger partial charge < -0.3 is 14.2 Å². The monoisotopic (exact) mass is 306 g/mol. The van der Waals surface area contributed by atoms with Crippen LogP contribution < -0.4 is 0 Å². The van der Waals surface area contributed by atoms with Crippen LogP contribution in [0.3, 0.4) is 0 Å². The van der Waals surface area contributed by atoms with Crippen molar-refractivity contribution in [2.24, 2.45) is 0 Å². The smallest absolute Gasteiger partial charge is 0.367 e. The molecule has 1 aromatic heterocycles. The van der Waals surface area contributed by atoms with Crippen molar-refractivity contribution in [3.63, 3.8) is 0 Å². The van der Waals surface area contributed by atoms with Crippen molar-refractivity contribution in [3.05, 3.63) is 22.4 Å². The predicted octanol–water partition coefficient (Wildman–Crippen LogP) is 3.14. The van der Waals surface area contributed by atoms with Crippen molar-refractivity contribution in [1.29, 1.82) is 0 Å². The fraction of sp³-hybridized carbons (Fsp3) is 0.583. The standard InChI is InChI=1S/C12H19O5PS/c1-4-16-18(15,17-5-2)12(14,9-10(3)13)11-7-6-8-19-11/h6-8,14H,4-5,9H2,1-3H3. The molecule has 1 aromatic rings. The molecule has 0 spiro atoms. The number of hydrogen-bond donors (Lipinski definition) is 1. The van der Waals surface area contributed by atoms with E-state index in [1.807, 2.05) is 0 Å². The molecule has 0 amide bonds. The highest BCUT2D eigenvalue weighted by molar-refractivity contribution is 7.55. The van der Waals surface area contributed by atoms with Crippen LogP contribution in [0.4, 0.5) is 0 Å². The van der Waals surface area contributed by atoms with Gasteiger partial charge in [-0.1, -0.05) is 6.07 Å². The highest BCUT2D eigenvalue weighted by Gasteiger charge is 2.52. The van der Waals surface area contributed by atoms with Crippen LogP contribution in [0.15, 0.2) is 17.5 Å². The van der Waals surface area contributed by atoms with Crippen molar-refractivity contribution < 1.29 is 23.5 Å². The Bertz CT molecular complexity index is 449. The molecule has 0 aromatic carbocycles. The van der Waals surface area contributed by atoms with E-state index < -0.39 is 12.9 Å². The Hall–Kier alpha value is -0.520. The molecule has 0 radical (unpaired) electrons. The average molecular weight is 306 g/mol. The summed E-state index contributed by atoms with van der Waals surface area (Å²) in [4.78, 5) is 11.8. The van der Waals surface area contributed by atoms with Gasteiger partial charge in [0.2, 0.25) is 5.34 Å². The van der Waals surface area contributed by atoms with Crippen molar-refractivity contribution in [2.75, 3.05) is 13.2 Å². The Morgan fingerprint density at radius 3 is 2.37 bits per heavy atom. The summed E-state index contributed by atoms with van der Waals surface area (Å²) in [6.07, 6.45) is -0.301. The molecular weight excluding hydrogens is 287 g/mol. The SMILES string of the molecule is CCOP(=O)(OCC)C(O)(CC(C)=O)c1cccs1. The van der Waals surface area contributed by atoms with E-state index in [4.69, 9.17) is 9.05 Å². The number of carbonyl (C=O) groups excluding carboxylic acids is 1. The van der Waals surface area contributed by atoms with Crippen molar-refractivity contribution in [3.8, 4) is 0 Å². The fourth-order valence-electron chi connectivity index (χ4n) is 1.76. The zero-order valence-electron chi connectivity index (χ0n) is 11.3. The summed E-state index contributed by atoms with van der Waals surface area (Å²) >= 11 is 1.22. The first-order valence-corrected chi connectivity index (χ1v) is 8.47. The van der Waals surface area contributed by atoms with Gasteiger partial charge in [0.1, 0.15) is 5.78 Å². The lowest BCUT2D eigenvalue weighted by Crippen LogP contribution is -2.29. The minimum Gasteiger partial charge on any atom is -0.372 e. The van der Waals surface area contributed by atoms with Gasteiger partial charge in [-0.3, -0.25) is 9.36 Å². The van der Waals surface area contributed by atoms with Crippen LogP contribution in [0, 0.1) is 0 Å². The summed E-state index contributed by atoms with van der Waals surface area (Å²) < 4.78 is 23.2. The van der Waals surface area contributed by atoms with Crippen molar-refractivity contribution >= 4 is 24.7 Å². The molecular formula is C12H19O5PS. The molecule has 1 unspecified atom stereocenters. The Morgan fingerprint density at radius 1 is 1.42 bits per heavy atom. The summed E-state index contributed by atoms with van der Waals surface area (Å²) in [6.45, 7) is 4.91. The van der Waals surface area contributed by atoms with Crippen LogP contribution in [0.1, 0.15) is 32.1 Å². The van der Waals surface area contributed by atoms with Gasteiger partial charge in [0, 0.05) is 4.88 Å². The van der Waals surface area contributed by atoms with E-state index in [1.165, 1.54) is 18.3 Å². The van der Waals surface area contributed by atoms with Gasteiger partial charge in [0.15, 0.2) is 0 Å². The van der Waals surface area contributed by atoms with Gasteiger partial charge in [0.05, 0.1) is 19.6 Å². The van der Waals surface area contributed by atoms with Crippen LogP contribution in [0.5, 0.6) is 0 Å². The summed E-state index contributed by atoms with van der Waals surface area (Å²) in [6, 6.07) is 3.34. The van der Waals surface area contributed by atoms with Crippen LogP contribution in [-0.4, -0.2) is 24.1 Å². The van der Waals surface area contributed by atoms with Gasteiger partial charge in [-0.25, -0.2) is 0 Å². The van der Waals surface area contributed by atoms with E-state index in [0.29, 0.717) is 4.88 Å². The highest BCUT2D eigenvalue weighted by Crippen LogP contribution is 2.65. The summed E-state index contributed by atoms with van der Waals surface area (Å²) in [5, 5.41) is 10.6. The third-order valence-electron chi connectivity index (χ3n) is 2.46. The molecule has 1 N–H and O–H groups in total. The number of hydrogen-bond acceptors (Lipinski definition) is 6. The highest BCUT2D eigenvalue weighted by atomic mass is 32.1. The maximum absolute atomic E-state index is 12.8. The van der Waals surface area contributed by atoms with Gasteiger partial charge in [-0.2, -0.15) is 0 Å². The van der Waals surface area contributed by atoms with Crippen LogP contribution in [0.2, 0.25) is 0 Å². The zero-order valence-corrected chi connectivity index (χ0v) is 13.0. The second-order valence-corrected chi connectivity index (χ2v) is 7.20. The first-order chi connectivity index (χ1) is 8.89. The Balaban J connectivity index is 3.28. The van der Waals surface area contributed by atoms with Crippen molar-refractivity contribution in [1.82, 2.24) is 0 Å². The van der Waals surface area contributed by atoms with Gasteiger partial charge >= 0.3 is 7.60 Å². The van der Waals surface area contributed by atoms with E-state index in [1.54, 1.807) is 31.4 Å². The average Bonchev–Trinajstić information content (AvgIpc) is 2.82. The van der Waals surface area contributed by atoms with Crippen LogP contribution in [-0.2, 0) is 23.7 Å². The van der Waals surface area contributed by atoms with E-state index in [9.17, 15) is 14.5 Å². The molecule has 0 aliphatic rings. The second kappa shape index (κ2) is 6.77. The minimum absolute atomic E-state index is 0.128. The van der Waals surface area contributed by atoms with Gasteiger partial charge in [-0.05, 0) is 32.2 Å². The number of thiophene rings is 1. The topological polar surface area (TPSA) is 72.8 Å². The molecule has 108 valence electrons. The van der Waals surface area contributed by atoms with E-state index >= 15 is 0 Å². The van der Waals surface area contributed by atoms with Crippen molar-refractivity contribution in [2.45, 2.75) is 32.5 Å². The lowest BCUT2D eigenvalue weighted by atomic mass is 10.1. The Morgan fingerprint density at radius 2 is 2.00 bits per heavy atom. The Kier molecular flexibility index (Phi) is 5.89. The fourth-order valence-corrected chi connectivity index (χ4v) is 4.92. The predicted molar refractivity (Wildman–Crippen MR) is 74.4 cm³/mol. The van der Waals surface area contributed by atoms with E-state index in [-0.39, 0.29) is 25.4 Å². The molecule has 0 aliphatic carbocycles. The lowest BCUT2D eigenvalue weighted by Gasteiger charge is -2.33. The van der Waals surface area contributed by atoms with Gasteiger partial charge in [-0.15, -0.1) is 11.3 Å². The molecule has 0 saturated heterocycles. The third kappa shape index (κ3) is 3.52. The van der Waals surface area contributed by atoms with E-state index in [0.717, 1.165) is 0 Å². The number of carbonyl (C=O) groups is 1. The van der Waals surface area contributed by atoms with Crippen LogP contribution in [0.25, 0.3) is 0 Å². The van der Waals surface area contributed by atoms with E-state index in [2.05, 4.69) is 0 Å². The first-order valence-electron chi connectivity index (χ1n) is 6.04. The minimum atomic E-state index is -3.84. The summed E-state index contributed by atoms with van der Waals surface area (Å²) in [7, 11) is -3.84. The molecule has 0 bridgehead atoms. The molecule has 0 aliphatic heterocycles. The summed E-state index contributed by atoms with van der Waals surface area (Å²) in [5.41, 5.74) is 0. The number of rotatable bonds is 8. The molecule has 19 heavy (non-hydrogen) atoms. The summed E-state index contributed by atoms with van der Waals surface area (Å²) in [5.74, 6) is -0.282. The second-order valence-electron chi connectivity index (χ2n) is 4.01. The first kappa shape index (κ1) is 16.5. The largest absolute Gasteiger partial charge is 0.372 e. The maximum atomic E-state index is 12.8. The number of ketones is 1. The normalized spacial score (nSPS) is 15.2. The molecule has 7 heteroatoms. The lowest BCUT2D eigenvalue weighted by molar-refractivity contribution is -0.120. The maximum Gasteiger partial charge on any atom is 0.367 e. The number of aliphatic hydroxyl groups is 1. The van der Waals surface area contributed by atoms with Crippen LogP contribution >= 0.6 is 18.9 Å². The third-order valence-corrected chi connectivity index (χ3v) is 6.14. The molecule has 1 heterocycles. The Labute approximate surface area is 117 Å². The zero-order chi connectivity index (χ0) is 14.5. The molecule has 5 nitrogen and oxygen atoms in total. The van der Waals surface area contributed by atoms with Gasteiger partial charge in [0.25, 0.3) is 0 Å². The quantitative estimate of drug-likeness (QED) is 0.747. The molecule has 1 atom stereocenters.